The first-order valence-electron chi connectivity index (χ1n) is 4.41. The van der Waals surface area contributed by atoms with E-state index in [0.717, 1.165) is 11.3 Å². The van der Waals surface area contributed by atoms with Crippen LogP contribution in [-0.2, 0) is 4.99 Å². The Morgan fingerprint density at radius 1 is 1.29 bits per heavy atom. The van der Waals surface area contributed by atoms with Crippen LogP contribution in [0.5, 0.6) is 0 Å². The largest absolute Gasteiger partial charge is 0.379 e. The maximum absolute atomic E-state index is 8.10. The van der Waals surface area contributed by atoms with Crippen LogP contribution in [-0.4, -0.2) is 29.8 Å². The highest BCUT2D eigenvalue weighted by Crippen LogP contribution is 2.25. The number of likely N-dealkylation sites (N-methyl/N-ethyl adjacent to an activating group) is 1. The van der Waals surface area contributed by atoms with Gasteiger partial charge in [-0.15, -0.1) is 5.11 Å². The molecular weight excluding hydrogens is 182 g/mol. The van der Waals surface area contributed by atoms with E-state index >= 15 is 0 Å². The molecule has 0 atom stereocenters. The predicted octanol–water partition coefficient (Wildman–Crippen LogP) is 2.48. The molecule has 0 aromatic rings. The van der Waals surface area contributed by atoms with Gasteiger partial charge in [-0.25, -0.2) is 4.99 Å². The minimum atomic E-state index is -0.509. The minimum Gasteiger partial charge on any atom is -0.379 e. The number of hydrogen-bond donors (Lipinski definition) is 1. The van der Waals surface area contributed by atoms with Crippen molar-refractivity contribution in [2.75, 3.05) is 14.1 Å². The predicted molar refractivity (Wildman–Crippen MR) is 54.7 cm³/mol. The topological polar surface area (TPSA) is 57.4 Å². The van der Waals surface area contributed by atoms with Gasteiger partial charge in [-0.1, -0.05) is 5.57 Å². The zero-order chi connectivity index (χ0) is 11.4. The fourth-order valence-corrected chi connectivity index (χ4v) is 1.77. The molecule has 0 unspecified atom stereocenters. The maximum Gasteiger partial charge on any atom is 0.119 e. The third kappa shape index (κ3) is 3.33. The molecule has 0 saturated heterocycles. The molecule has 0 saturated carbocycles. The first-order valence-corrected chi connectivity index (χ1v) is 4.41. The summed E-state index contributed by atoms with van der Waals surface area (Å²) in [5.41, 5.74) is 1.68. The van der Waals surface area contributed by atoms with Gasteiger partial charge >= 0.3 is 0 Å². The van der Waals surface area contributed by atoms with Gasteiger partial charge in [0.2, 0.25) is 0 Å². The van der Waals surface area contributed by atoms with Crippen molar-refractivity contribution in [2.45, 2.75) is 33.2 Å². The van der Waals surface area contributed by atoms with Gasteiger partial charge in [0.05, 0.1) is 5.28 Å². The maximum atomic E-state index is 8.10. The molecule has 0 rings (SSSR count). The molecular formula is C9H19N3O2. The third-order valence-electron chi connectivity index (χ3n) is 1.83. The van der Waals surface area contributed by atoms with Crippen LogP contribution in [0.3, 0.4) is 0 Å². The van der Waals surface area contributed by atoms with Crippen molar-refractivity contribution in [3.63, 3.8) is 0 Å². The van der Waals surface area contributed by atoms with Gasteiger partial charge in [0.1, 0.15) is 5.54 Å². The standard InChI is InChI=1S/C9H19N3O2/c1-7(2)8(12(5)6)9(3,4)10-11-14-13/h13H,1-6H3. The van der Waals surface area contributed by atoms with Gasteiger partial charge in [-0.3, -0.25) is 0 Å². The number of nitrogens with zero attached hydrogens (tertiary/aromatic N) is 3. The summed E-state index contributed by atoms with van der Waals surface area (Å²) in [5.74, 6) is 0. The van der Waals surface area contributed by atoms with Crippen LogP contribution in [0.2, 0.25) is 0 Å². The Morgan fingerprint density at radius 3 is 2.07 bits per heavy atom. The summed E-state index contributed by atoms with van der Waals surface area (Å²) in [6, 6.07) is 0. The third-order valence-corrected chi connectivity index (χ3v) is 1.83. The van der Waals surface area contributed by atoms with Crippen LogP contribution in [0.1, 0.15) is 27.7 Å². The van der Waals surface area contributed by atoms with Gasteiger partial charge < -0.3 is 4.90 Å². The smallest absolute Gasteiger partial charge is 0.119 e. The van der Waals surface area contributed by atoms with E-state index in [1.165, 1.54) is 0 Å². The first-order chi connectivity index (χ1) is 6.33. The second-order valence-corrected chi connectivity index (χ2v) is 4.07. The Balaban J connectivity index is 5.02. The monoisotopic (exact) mass is 201 g/mol. The van der Waals surface area contributed by atoms with Gasteiger partial charge in [0, 0.05) is 19.8 Å². The molecule has 0 fully saturated rings. The van der Waals surface area contributed by atoms with Crippen molar-refractivity contribution in [1.29, 1.82) is 0 Å². The Hall–Kier alpha value is -1.10. The van der Waals surface area contributed by atoms with E-state index < -0.39 is 5.54 Å². The summed E-state index contributed by atoms with van der Waals surface area (Å²) in [6.45, 7) is 7.81. The van der Waals surface area contributed by atoms with Crippen LogP contribution in [0, 0.1) is 0 Å². The Bertz CT molecular complexity index is 240. The summed E-state index contributed by atoms with van der Waals surface area (Å²) in [5, 5.41) is 15.1. The Morgan fingerprint density at radius 2 is 1.79 bits per heavy atom. The fraction of sp³-hybridized carbons (Fsp3) is 0.778. The van der Waals surface area contributed by atoms with E-state index in [2.05, 4.69) is 15.4 Å². The normalized spacial score (nSPS) is 11.6. The van der Waals surface area contributed by atoms with Gasteiger partial charge in [-0.05, 0) is 27.7 Å². The van der Waals surface area contributed by atoms with E-state index in [1.54, 1.807) is 0 Å². The molecule has 1 N–H and O–H groups in total. The molecule has 0 aromatic heterocycles. The number of hydrogen-bond acceptors (Lipinski definition) is 5. The first kappa shape index (κ1) is 12.9. The molecule has 0 aliphatic carbocycles. The molecule has 0 bridgehead atoms. The van der Waals surface area contributed by atoms with E-state index in [4.69, 9.17) is 5.26 Å². The highest BCUT2D eigenvalue weighted by molar-refractivity contribution is 5.20. The van der Waals surface area contributed by atoms with Crippen molar-refractivity contribution < 1.29 is 10.2 Å². The molecule has 0 amide bonds. The van der Waals surface area contributed by atoms with Gasteiger partial charge in [0.25, 0.3) is 0 Å². The molecule has 82 valence electrons. The number of rotatable bonds is 4. The summed E-state index contributed by atoms with van der Waals surface area (Å²) < 4.78 is 0. The quantitative estimate of drug-likeness (QED) is 0.432. The van der Waals surface area contributed by atoms with Crippen molar-refractivity contribution in [2.24, 2.45) is 10.4 Å². The molecule has 0 heterocycles. The van der Waals surface area contributed by atoms with Gasteiger partial charge in [0.15, 0.2) is 0 Å². The lowest BCUT2D eigenvalue weighted by Crippen LogP contribution is -2.31. The zero-order valence-electron chi connectivity index (χ0n) is 9.70. The summed E-state index contributed by atoms with van der Waals surface area (Å²) >= 11 is 0. The SMILES string of the molecule is CC(C)=C(N(C)C)C(C)(C)N=NOO. The van der Waals surface area contributed by atoms with E-state index in [9.17, 15) is 0 Å². The molecule has 0 spiro atoms. The van der Waals surface area contributed by atoms with E-state index in [-0.39, 0.29) is 0 Å². The molecule has 14 heavy (non-hydrogen) atoms. The highest BCUT2D eigenvalue weighted by atomic mass is 17.2. The summed E-state index contributed by atoms with van der Waals surface area (Å²) in [6.07, 6.45) is 0. The van der Waals surface area contributed by atoms with Gasteiger partial charge in [-0.2, -0.15) is 5.26 Å². The molecule has 0 aliphatic heterocycles. The van der Waals surface area contributed by atoms with Crippen LogP contribution < -0.4 is 0 Å². The molecule has 5 heteroatoms. The zero-order valence-corrected chi connectivity index (χ0v) is 9.70. The van der Waals surface area contributed by atoms with Crippen LogP contribution in [0.15, 0.2) is 21.7 Å². The Kier molecular flexibility index (Phi) is 4.56. The van der Waals surface area contributed by atoms with Crippen LogP contribution in [0.4, 0.5) is 0 Å². The summed E-state index contributed by atoms with van der Waals surface area (Å²) in [7, 11) is 3.89. The average Bonchev–Trinajstić information content (AvgIpc) is 1.98. The Labute approximate surface area is 85.0 Å². The van der Waals surface area contributed by atoms with Crippen molar-refractivity contribution >= 4 is 0 Å². The van der Waals surface area contributed by atoms with E-state index in [0.29, 0.717) is 0 Å². The molecule has 0 radical (unpaired) electrons. The van der Waals surface area contributed by atoms with Crippen LogP contribution in [0.25, 0.3) is 0 Å². The van der Waals surface area contributed by atoms with Crippen LogP contribution >= 0.6 is 0 Å². The lowest BCUT2D eigenvalue weighted by Gasteiger charge is -2.29. The number of allylic oxidation sites excluding steroid dienone is 1. The molecule has 0 aliphatic rings. The lowest BCUT2D eigenvalue weighted by atomic mass is 9.97. The average molecular weight is 201 g/mol. The molecule has 5 nitrogen and oxygen atoms in total. The van der Waals surface area contributed by atoms with Crippen molar-refractivity contribution in [3.05, 3.63) is 11.3 Å². The lowest BCUT2D eigenvalue weighted by molar-refractivity contribution is -0.252. The van der Waals surface area contributed by atoms with E-state index in [1.807, 2.05) is 46.7 Å². The minimum absolute atomic E-state index is 0.509. The van der Waals surface area contributed by atoms with Crippen molar-refractivity contribution in [1.82, 2.24) is 4.90 Å². The fourth-order valence-electron chi connectivity index (χ4n) is 1.77. The van der Waals surface area contributed by atoms with Crippen molar-refractivity contribution in [3.8, 4) is 0 Å². The summed E-state index contributed by atoms with van der Waals surface area (Å²) in [4.78, 5) is 5.58. The second kappa shape index (κ2) is 4.95. The second-order valence-electron chi connectivity index (χ2n) is 4.07. The molecule has 0 aromatic carbocycles. The highest BCUT2D eigenvalue weighted by Gasteiger charge is 2.26.